The Morgan fingerprint density at radius 1 is 1.08 bits per heavy atom. The molecule has 1 aliphatic heterocycles. The fourth-order valence-electron chi connectivity index (χ4n) is 3.24. The standard InChI is InChI=1S/C18H29FN2O2.2ClH/c1-4-5-6-7-16(21-10-8-20-9-11-21)14-12-17(22-2)18(23-3)13-15(14)19;;/h12-13,16,20H,4-11H2,1-3H3;2*1H/t16-;;/m0../s1. The number of hydrogen-bond acceptors (Lipinski definition) is 4. The van der Waals surface area contributed by atoms with Gasteiger partial charge in [-0.2, -0.15) is 0 Å². The highest BCUT2D eigenvalue weighted by molar-refractivity contribution is 5.85. The first kappa shape index (κ1) is 24.2. The fraction of sp³-hybridized carbons (Fsp3) is 0.667. The monoisotopic (exact) mass is 396 g/mol. The fourth-order valence-corrected chi connectivity index (χ4v) is 3.24. The second kappa shape index (κ2) is 12.6. The zero-order valence-electron chi connectivity index (χ0n) is 15.3. The summed E-state index contributed by atoms with van der Waals surface area (Å²) in [5, 5.41) is 3.36. The SMILES string of the molecule is CCCCC[C@@H](c1cc(OC)c(OC)cc1F)N1CCNCC1.Cl.Cl. The number of halogens is 3. The lowest BCUT2D eigenvalue weighted by Gasteiger charge is -2.35. The molecule has 0 amide bonds. The van der Waals surface area contributed by atoms with Crippen LogP contribution in [0.5, 0.6) is 11.5 Å². The smallest absolute Gasteiger partial charge is 0.163 e. The highest BCUT2D eigenvalue weighted by atomic mass is 35.5. The van der Waals surface area contributed by atoms with Gasteiger partial charge in [0.1, 0.15) is 5.82 Å². The Labute approximate surface area is 163 Å². The van der Waals surface area contributed by atoms with E-state index in [1.54, 1.807) is 7.11 Å². The van der Waals surface area contributed by atoms with E-state index in [1.807, 2.05) is 6.07 Å². The largest absolute Gasteiger partial charge is 0.493 e. The van der Waals surface area contributed by atoms with E-state index >= 15 is 0 Å². The zero-order valence-corrected chi connectivity index (χ0v) is 17.0. The van der Waals surface area contributed by atoms with Gasteiger partial charge in [0, 0.05) is 43.9 Å². The minimum absolute atomic E-state index is 0. The van der Waals surface area contributed by atoms with Gasteiger partial charge in [0.2, 0.25) is 0 Å². The van der Waals surface area contributed by atoms with Crippen molar-refractivity contribution in [2.75, 3.05) is 40.4 Å². The van der Waals surface area contributed by atoms with E-state index in [0.717, 1.165) is 44.6 Å². The van der Waals surface area contributed by atoms with E-state index in [2.05, 4.69) is 17.1 Å². The normalized spacial score (nSPS) is 15.7. The van der Waals surface area contributed by atoms with E-state index in [9.17, 15) is 4.39 Å². The molecule has 2 rings (SSSR count). The van der Waals surface area contributed by atoms with Crippen molar-refractivity contribution in [3.05, 3.63) is 23.5 Å². The van der Waals surface area contributed by atoms with Crippen LogP contribution in [0.1, 0.15) is 44.2 Å². The summed E-state index contributed by atoms with van der Waals surface area (Å²) in [5.74, 6) is 0.837. The number of methoxy groups -OCH3 is 2. The van der Waals surface area contributed by atoms with Crippen LogP contribution in [0, 0.1) is 5.82 Å². The molecule has 0 aliphatic carbocycles. The quantitative estimate of drug-likeness (QED) is 0.667. The van der Waals surface area contributed by atoms with Crippen LogP contribution in [0.3, 0.4) is 0 Å². The summed E-state index contributed by atoms with van der Waals surface area (Å²) < 4.78 is 25.3. The van der Waals surface area contributed by atoms with Gasteiger partial charge in [-0.1, -0.05) is 26.2 Å². The first-order valence-corrected chi connectivity index (χ1v) is 8.57. The maximum atomic E-state index is 14.7. The lowest BCUT2D eigenvalue weighted by atomic mass is 9.97. The highest BCUT2D eigenvalue weighted by Gasteiger charge is 2.26. The molecule has 1 N–H and O–H groups in total. The van der Waals surface area contributed by atoms with Crippen molar-refractivity contribution < 1.29 is 13.9 Å². The van der Waals surface area contributed by atoms with Gasteiger partial charge < -0.3 is 14.8 Å². The van der Waals surface area contributed by atoms with Crippen LogP contribution in [-0.2, 0) is 0 Å². The lowest BCUT2D eigenvalue weighted by molar-refractivity contribution is 0.159. The Kier molecular flexibility index (Phi) is 12.2. The van der Waals surface area contributed by atoms with E-state index in [0.29, 0.717) is 11.5 Å². The van der Waals surface area contributed by atoms with Crippen LogP contribution in [0.25, 0.3) is 0 Å². The Hall–Kier alpha value is -0.750. The number of nitrogens with zero attached hydrogens (tertiary/aromatic N) is 1. The molecule has 1 aromatic rings. The molecule has 0 saturated carbocycles. The predicted molar refractivity (Wildman–Crippen MR) is 105 cm³/mol. The van der Waals surface area contributed by atoms with Gasteiger partial charge in [0.05, 0.1) is 14.2 Å². The first-order chi connectivity index (χ1) is 11.2. The molecule has 7 heteroatoms. The maximum absolute atomic E-state index is 14.7. The summed E-state index contributed by atoms with van der Waals surface area (Å²) in [6.07, 6.45) is 4.43. The molecule has 1 fully saturated rings. The van der Waals surface area contributed by atoms with Gasteiger partial charge in [0.15, 0.2) is 11.5 Å². The number of ether oxygens (including phenoxy) is 2. The molecular formula is C18H31Cl2FN2O2. The van der Waals surface area contributed by atoms with Crippen molar-refractivity contribution in [2.24, 2.45) is 0 Å². The van der Waals surface area contributed by atoms with Crippen molar-refractivity contribution in [1.29, 1.82) is 0 Å². The third kappa shape index (κ3) is 6.48. The van der Waals surface area contributed by atoms with Crippen molar-refractivity contribution in [2.45, 2.75) is 38.6 Å². The van der Waals surface area contributed by atoms with Crippen molar-refractivity contribution in [3.63, 3.8) is 0 Å². The molecule has 1 heterocycles. The molecule has 146 valence electrons. The molecule has 1 aliphatic rings. The molecule has 1 atom stereocenters. The number of piperazine rings is 1. The summed E-state index contributed by atoms with van der Waals surface area (Å²) in [6.45, 7) is 6.00. The Morgan fingerprint density at radius 3 is 2.24 bits per heavy atom. The molecular weight excluding hydrogens is 366 g/mol. The topological polar surface area (TPSA) is 33.7 Å². The Balaban J connectivity index is 0.00000288. The lowest BCUT2D eigenvalue weighted by Crippen LogP contribution is -2.45. The molecule has 25 heavy (non-hydrogen) atoms. The van der Waals surface area contributed by atoms with Crippen LogP contribution in [0.15, 0.2) is 12.1 Å². The Bertz CT molecular complexity index is 500. The van der Waals surface area contributed by atoms with Gasteiger partial charge in [-0.3, -0.25) is 4.90 Å². The molecule has 0 bridgehead atoms. The van der Waals surface area contributed by atoms with Gasteiger partial charge in [-0.05, 0) is 12.5 Å². The molecule has 1 aromatic carbocycles. The molecule has 0 radical (unpaired) electrons. The number of benzene rings is 1. The first-order valence-electron chi connectivity index (χ1n) is 8.57. The van der Waals surface area contributed by atoms with Gasteiger partial charge in [-0.25, -0.2) is 4.39 Å². The van der Waals surface area contributed by atoms with Gasteiger partial charge in [0.25, 0.3) is 0 Å². The number of hydrogen-bond donors (Lipinski definition) is 1. The summed E-state index contributed by atoms with van der Waals surface area (Å²) >= 11 is 0. The van der Waals surface area contributed by atoms with Crippen LogP contribution in [-0.4, -0.2) is 45.3 Å². The molecule has 0 aromatic heterocycles. The van der Waals surface area contributed by atoms with Crippen LogP contribution >= 0.6 is 24.8 Å². The van der Waals surface area contributed by atoms with Crippen LogP contribution in [0.2, 0.25) is 0 Å². The Morgan fingerprint density at radius 2 is 1.68 bits per heavy atom. The zero-order chi connectivity index (χ0) is 16.7. The van der Waals surface area contributed by atoms with E-state index < -0.39 is 0 Å². The average Bonchev–Trinajstić information content (AvgIpc) is 2.60. The summed E-state index contributed by atoms with van der Waals surface area (Å²) in [7, 11) is 3.13. The second-order valence-corrected chi connectivity index (χ2v) is 6.03. The third-order valence-corrected chi connectivity index (χ3v) is 4.54. The van der Waals surface area contributed by atoms with Crippen LogP contribution < -0.4 is 14.8 Å². The van der Waals surface area contributed by atoms with Gasteiger partial charge >= 0.3 is 0 Å². The van der Waals surface area contributed by atoms with Gasteiger partial charge in [-0.15, -0.1) is 24.8 Å². The summed E-state index contributed by atoms with van der Waals surface area (Å²) in [4.78, 5) is 2.39. The van der Waals surface area contributed by atoms with E-state index in [-0.39, 0.29) is 36.7 Å². The average molecular weight is 397 g/mol. The van der Waals surface area contributed by atoms with E-state index in [1.165, 1.54) is 26.0 Å². The molecule has 1 saturated heterocycles. The summed E-state index contributed by atoms with van der Waals surface area (Å²) in [5.41, 5.74) is 0.723. The maximum Gasteiger partial charge on any atom is 0.163 e. The second-order valence-electron chi connectivity index (χ2n) is 6.03. The molecule has 4 nitrogen and oxygen atoms in total. The molecule has 0 spiro atoms. The third-order valence-electron chi connectivity index (χ3n) is 4.54. The predicted octanol–water partition coefficient (Wildman–Crippen LogP) is 4.21. The van der Waals surface area contributed by atoms with Crippen molar-refractivity contribution in [1.82, 2.24) is 10.2 Å². The van der Waals surface area contributed by atoms with E-state index in [4.69, 9.17) is 9.47 Å². The molecule has 0 unspecified atom stereocenters. The van der Waals surface area contributed by atoms with Crippen molar-refractivity contribution in [3.8, 4) is 11.5 Å². The van der Waals surface area contributed by atoms with Crippen LogP contribution in [0.4, 0.5) is 4.39 Å². The minimum atomic E-state index is -0.206. The number of unbranched alkanes of at least 4 members (excludes halogenated alkanes) is 2. The summed E-state index contributed by atoms with van der Waals surface area (Å²) in [6, 6.07) is 3.36. The van der Waals surface area contributed by atoms with Crippen molar-refractivity contribution >= 4 is 24.8 Å². The number of rotatable bonds is 8. The highest BCUT2D eigenvalue weighted by Crippen LogP contribution is 2.36. The number of nitrogens with one attached hydrogen (secondary N) is 1. The minimum Gasteiger partial charge on any atom is -0.493 e.